The fourth-order valence-electron chi connectivity index (χ4n) is 3.65. The predicted molar refractivity (Wildman–Crippen MR) is 123 cm³/mol. The maximum absolute atomic E-state index is 9.69. The number of hydrogen-bond donors (Lipinski definition) is 3. The number of ketones is 1. The van der Waals surface area contributed by atoms with Crippen molar-refractivity contribution in [3.63, 3.8) is 0 Å². The van der Waals surface area contributed by atoms with Crippen molar-refractivity contribution < 1.29 is 53.3 Å². The first-order valence-corrected chi connectivity index (χ1v) is 11.2. The molecule has 2 fully saturated rings. The third-order valence-electron chi connectivity index (χ3n) is 5.63. The van der Waals surface area contributed by atoms with E-state index in [0.717, 1.165) is 6.42 Å². The van der Waals surface area contributed by atoms with Crippen LogP contribution in [0.1, 0.15) is 33.6 Å². The number of ether oxygens (including phenoxy) is 7. The van der Waals surface area contributed by atoms with Crippen LogP contribution in [-0.4, -0.2) is 118 Å². The Labute approximate surface area is 202 Å². The maximum Gasteiger partial charge on any atom is 0.186 e. The number of aliphatic hydroxyl groups excluding tert-OH is 3. The van der Waals surface area contributed by atoms with Gasteiger partial charge in [0.05, 0.1) is 12.2 Å². The normalized spacial score (nSPS) is 37.5. The van der Waals surface area contributed by atoms with Crippen LogP contribution in [0.3, 0.4) is 0 Å². The van der Waals surface area contributed by atoms with Crippen molar-refractivity contribution >= 4 is 5.78 Å². The van der Waals surface area contributed by atoms with Crippen molar-refractivity contribution in [2.24, 2.45) is 0 Å². The summed E-state index contributed by atoms with van der Waals surface area (Å²) in [5.41, 5.74) is 0. The second kappa shape index (κ2) is 17.4. The third kappa shape index (κ3) is 9.23. The Morgan fingerprint density at radius 2 is 1.18 bits per heavy atom. The lowest BCUT2D eigenvalue weighted by Crippen LogP contribution is -2.59. The number of allylic oxidation sites excluding steroid dienone is 1. The van der Waals surface area contributed by atoms with Crippen molar-refractivity contribution in [3.8, 4) is 0 Å². The van der Waals surface area contributed by atoms with Gasteiger partial charge in [0.15, 0.2) is 18.4 Å². The summed E-state index contributed by atoms with van der Waals surface area (Å²) in [5, 5.41) is 28.2. The standard InChI is InChI=1S/C11H22O5.C8H16O5.C4H6O/c1-6-7-8(12-2)9(13-3)10(14-4)11(15-5)16-7;1-3-4-5(9)6(10)7(11)8(12-2)13-4;1-3-4(2)5/h7-11H,6H2,1-5H3;4-11H,3H2,1-2H3;3H,1H2,2H3. The fraction of sp³-hybridized carbons (Fsp3) is 0.870. The highest BCUT2D eigenvalue weighted by atomic mass is 16.7. The molecule has 2 heterocycles. The number of carbonyl (C=O) groups excluding carboxylic acids is 1. The summed E-state index contributed by atoms with van der Waals surface area (Å²) in [7, 11) is 7.90. The summed E-state index contributed by atoms with van der Waals surface area (Å²) in [6.45, 7) is 8.55. The van der Waals surface area contributed by atoms with Crippen LogP contribution in [0.15, 0.2) is 12.7 Å². The Hall–Kier alpha value is -0.990. The summed E-state index contributed by atoms with van der Waals surface area (Å²) in [4.78, 5) is 9.69. The molecule has 10 unspecified atom stereocenters. The smallest absolute Gasteiger partial charge is 0.186 e. The minimum Gasteiger partial charge on any atom is -0.388 e. The first kappa shape index (κ1) is 33.0. The second-order valence-corrected chi connectivity index (χ2v) is 7.76. The van der Waals surface area contributed by atoms with Gasteiger partial charge in [-0.1, -0.05) is 20.4 Å². The number of carbonyl (C=O) groups is 1. The molecule has 10 atom stereocenters. The van der Waals surface area contributed by atoms with Crippen LogP contribution in [0.4, 0.5) is 0 Å². The minimum absolute atomic E-state index is 0.0185. The molecule has 202 valence electrons. The van der Waals surface area contributed by atoms with Gasteiger partial charge in [-0.15, -0.1) is 0 Å². The van der Waals surface area contributed by atoms with Crippen LogP contribution in [-0.2, 0) is 38.0 Å². The molecule has 0 radical (unpaired) electrons. The lowest BCUT2D eigenvalue weighted by atomic mass is 9.96. The van der Waals surface area contributed by atoms with Crippen LogP contribution < -0.4 is 0 Å². The molecule has 34 heavy (non-hydrogen) atoms. The maximum atomic E-state index is 9.69. The summed E-state index contributed by atoms with van der Waals surface area (Å²) >= 11 is 0. The van der Waals surface area contributed by atoms with Gasteiger partial charge < -0.3 is 48.5 Å². The zero-order chi connectivity index (χ0) is 26.4. The van der Waals surface area contributed by atoms with Gasteiger partial charge in [-0.3, -0.25) is 4.79 Å². The Bertz CT molecular complexity index is 523. The van der Waals surface area contributed by atoms with Gasteiger partial charge in [0.25, 0.3) is 0 Å². The lowest BCUT2D eigenvalue weighted by Gasteiger charge is -2.44. The fourth-order valence-corrected chi connectivity index (χ4v) is 3.65. The van der Waals surface area contributed by atoms with Crippen molar-refractivity contribution in [2.75, 3.05) is 35.5 Å². The number of aliphatic hydroxyl groups is 3. The first-order chi connectivity index (χ1) is 16.1. The molecule has 0 aromatic rings. The molecule has 2 saturated heterocycles. The van der Waals surface area contributed by atoms with Gasteiger partial charge >= 0.3 is 0 Å². The molecular weight excluding hydrogens is 452 g/mol. The zero-order valence-corrected chi connectivity index (χ0v) is 21.6. The van der Waals surface area contributed by atoms with Crippen molar-refractivity contribution in [1.82, 2.24) is 0 Å². The molecule has 2 aliphatic heterocycles. The molecule has 2 aliphatic rings. The monoisotopic (exact) mass is 496 g/mol. The molecule has 0 amide bonds. The van der Waals surface area contributed by atoms with Gasteiger partial charge in [0.2, 0.25) is 0 Å². The summed E-state index contributed by atoms with van der Waals surface area (Å²) < 4.78 is 37.3. The summed E-state index contributed by atoms with van der Waals surface area (Å²) in [6.07, 6.45) is -3.14. The van der Waals surface area contributed by atoms with E-state index in [-0.39, 0.29) is 30.2 Å². The van der Waals surface area contributed by atoms with Gasteiger partial charge in [0.1, 0.15) is 36.6 Å². The molecule has 0 bridgehead atoms. The molecule has 11 heteroatoms. The zero-order valence-electron chi connectivity index (χ0n) is 21.6. The average Bonchev–Trinajstić information content (AvgIpc) is 2.86. The highest BCUT2D eigenvalue weighted by Crippen LogP contribution is 2.28. The third-order valence-corrected chi connectivity index (χ3v) is 5.63. The van der Waals surface area contributed by atoms with Gasteiger partial charge in [-0.2, -0.15) is 0 Å². The van der Waals surface area contributed by atoms with Gasteiger partial charge in [-0.25, -0.2) is 0 Å². The van der Waals surface area contributed by atoms with E-state index in [9.17, 15) is 20.1 Å². The minimum atomic E-state index is -1.20. The summed E-state index contributed by atoms with van der Waals surface area (Å²) in [6, 6.07) is 0. The Balaban J connectivity index is 0.000000543. The van der Waals surface area contributed by atoms with Crippen molar-refractivity contribution in [3.05, 3.63) is 12.7 Å². The van der Waals surface area contributed by atoms with E-state index in [1.807, 2.05) is 13.8 Å². The highest BCUT2D eigenvalue weighted by molar-refractivity contribution is 5.86. The van der Waals surface area contributed by atoms with Crippen LogP contribution in [0.2, 0.25) is 0 Å². The van der Waals surface area contributed by atoms with E-state index in [1.54, 1.807) is 28.4 Å². The highest BCUT2D eigenvalue weighted by Gasteiger charge is 2.46. The molecule has 11 nitrogen and oxygen atoms in total. The van der Waals surface area contributed by atoms with E-state index in [0.29, 0.717) is 6.42 Å². The SMILES string of the molecule is C=CC(C)=O.CCC1OC(OC)C(O)C(O)C1O.CCC1OC(OC)C(OC)C(OC)C1OC. The average molecular weight is 497 g/mol. The van der Waals surface area contributed by atoms with Crippen LogP contribution >= 0.6 is 0 Å². The van der Waals surface area contributed by atoms with Gasteiger partial charge in [0, 0.05) is 35.5 Å². The van der Waals surface area contributed by atoms with Crippen LogP contribution in [0.25, 0.3) is 0 Å². The topological polar surface area (TPSA) is 142 Å². The van der Waals surface area contributed by atoms with Crippen LogP contribution in [0.5, 0.6) is 0 Å². The Kier molecular flexibility index (Phi) is 16.9. The molecule has 2 rings (SSSR count). The number of rotatable bonds is 8. The molecule has 0 aromatic heterocycles. The molecule has 0 aliphatic carbocycles. The van der Waals surface area contributed by atoms with E-state index in [1.165, 1.54) is 20.1 Å². The van der Waals surface area contributed by atoms with Crippen molar-refractivity contribution in [1.29, 1.82) is 0 Å². The van der Waals surface area contributed by atoms with Crippen LogP contribution in [0, 0.1) is 0 Å². The quantitative estimate of drug-likeness (QED) is 0.403. The molecule has 0 saturated carbocycles. The predicted octanol–water partition coefficient (Wildman–Crippen LogP) is 0.425. The van der Waals surface area contributed by atoms with E-state index in [2.05, 4.69) is 6.58 Å². The van der Waals surface area contributed by atoms with E-state index < -0.39 is 37.0 Å². The summed E-state index contributed by atoms with van der Waals surface area (Å²) in [5.74, 6) is 0.0185. The molecular formula is C23H44O11. The number of hydrogen-bond acceptors (Lipinski definition) is 11. The number of methoxy groups -OCH3 is 5. The van der Waals surface area contributed by atoms with Crippen molar-refractivity contribution in [2.45, 2.75) is 95.0 Å². The van der Waals surface area contributed by atoms with E-state index >= 15 is 0 Å². The molecule has 3 N–H and O–H groups in total. The van der Waals surface area contributed by atoms with E-state index in [4.69, 9.17) is 33.2 Å². The van der Waals surface area contributed by atoms with Gasteiger partial charge in [-0.05, 0) is 25.8 Å². The Morgan fingerprint density at radius 3 is 1.53 bits per heavy atom. The first-order valence-electron chi connectivity index (χ1n) is 11.2. The largest absolute Gasteiger partial charge is 0.388 e. The Morgan fingerprint density at radius 1 is 0.735 bits per heavy atom. The molecule has 0 spiro atoms. The second-order valence-electron chi connectivity index (χ2n) is 7.76. The molecule has 0 aromatic carbocycles. The lowest BCUT2D eigenvalue weighted by molar-refractivity contribution is -0.302.